The van der Waals surface area contributed by atoms with Gasteiger partial charge in [-0.05, 0) is 18.2 Å². The lowest BCUT2D eigenvalue weighted by molar-refractivity contribution is -0.149. The first-order valence-corrected chi connectivity index (χ1v) is 12.2. The van der Waals surface area contributed by atoms with E-state index in [0.717, 1.165) is 29.5 Å². The van der Waals surface area contributed by atoms with Crippen LogP contribution in [0.3, 0.4) is 0 Å². The molecule has 1 N–H and O–H groups in total. The third-order valence-corrected chi connectivity index (χ3v) is 6.34. The van der Waals surface area contributed by atoms with Crippen LogP contribution in [0, 0.1) is 0 Å². The monoisotopic (exact) mass is 526 g/mol. The molecule has 1 atom stereocenters. The van der Waals surface area contributed by atoms with E-state index in [1.807, 2.05) is 24.3 Å². The second-order valence-corrected chi connectivity index (χ2v) is 9.00. The van der Waals surface area contributed by atoms with Gasteiger partial charge in [0.05, 0.1) is 36.6 Å². The van der Waals surface area contributed by atoms with Crippen LogP contribution in [0.25, 0.3) is 21.9 Å². The van der Waals surface area contributed by atoms with Crippen LogP contribution in [0.5, 0.6) is 11.5 Å². The van der Waals surface area contributed by atoms with Crippen molar-refractivity contribution in [1.82, 2.24) is 14.9 Å². The predicted molar refractivity (Wildman–Crippen MR) is 139 cm³/mol. The molecular formula is C26H27ClN4O6. The van der Waals surface area contributed by atoms with Crippen molar-refractivity contribution in [3.63, 3.8) is 0 Å². The number of hydrogen-bond donors (Lipinski definition) is 1. The highest BCUT2D eigenvalue weighted by molar-refractivity contribution is 6.35. The van der Waals surface area contributed by atoms with E-state index in [1.54, 1.807) is 13.2 Å². The van der Waals surface area contributed by atoms with Gasteiger partial charge in [-0.3, -0.25) is 9.69 Å². The van der Waals surface area contributed by atoms with Gasteiger partial charge in [-0.1, -0.05) is 17.7 Å². The number of carbonyl (C=O) groups is 1. The van der Waals surface area contributed by atoms with Gasteiger partial charge in [-0.25, -0.2) is 9.97 Å². The van der Waals surface area contributed by atoms with E-state index >= 15 is 0 Å². The summed E-state index contributed by atoms with van der Waals surface area (Å²) in [4.78, 5) is 22.7. The summed E-state index contributed by atoms with van der Waals surface area (Å²) in [6.07, 6.45) is 2.53. The lowest BCUT2D eigenvalue weighted by Crippen LogP contribution is -2.43. The van der Waals surface area contributed by atoms with Gasteiger partial charge in [0, 0.05) is 43.4 Å². The maximum absolute atomic E-state index is 11.7. The average Bonchev–Trinajstić information content (AvgIpc) is 3.29. The number of nitrogens with one attached hydrogen (secondary N) is 1. The van der Waals surface area contributed by atoms with Gasteiger partial charge >= 0.3 is 5.97 Å². The van der Waals surface area contributed by atoms with E-state index in [2.05, 4.69) is 20.2 Å². The molecule has 0 radical (unpaired) electrons. The lowest BCUT2D eigenvalue weighted by Gasteiger charge is -2.30. The molecule has 4 aromatic rings. The van der Waals surface area contributed by atoms with Crippen molar-refractivity contribution in [2.75, 3.05) is 51.9 Å². The van der Waals surface area contributed by atoms with Gasteiger partial charge in [0.1, 0.15) is 31.1 Å². The Bertz CT molecular complexity index is 1400. The highest BCUT2D eigenvalue weighted by Crippen LogP contribution is 2.37. The molecule has 0 bridgehead atoms. The van der Waals surface area contributed by atoms with Gasteiger partial charge in [0.2, 0.25) is 0 Å². The Morgan fingerprint density at radius 1 is 1.19 bits per heavy atom. The van der Waals surface area contributed by atoms with Crippen molar-refractivity contribution in [2.45, 2.75) is 13.0 Å². The second kappa shape index (κ2) is 11.2. The number of benzene rings is 2. The Balaban J connectivity index is 1.39. The lowest BCUT2D eigenvalue weighted by atomic mass is 10.2. The highest BCUT2D eigenvalue weighted by Gasteiger charge is 2.21. The number of ether oxygens (including phenoxy) is 4. The molecule has 2 aromatic carbocycles. The highest BCUT2D eigenvalue weighted by atomic mass is 35.5. The summed E-state index contributed by atoms with van der Waals surface area (Å²) in [6, 6.07) is 9.25. The van der Waals surface area contributed by atoms with Crippen molar-refractivity contribution in [1.29, 1.82) is 0 Å². The van der Waals surface area contributed by atoms with Gasteiger partial charge in [0.25, 0.3) is 0 Å². The van der Waals surface area contributed by atoms with Crippen LogP contribution >= 0.6 is 11.6 Å². The van der Waals surface area contributed by atoms with Crippen LogP contribution in [-0.2, 0) is 14.3 Å². The van der Waals surface area contributed by atoms with Gasteiger partial charge in [0.15, 0.2) is 17.1 Å². The Morgan fingerprint density at radius 2 is 2.03 bits per heavy atom. The fourth-order valence-electron chi connectivity index (χ4n) is 4.30. The maximum Gasteiger partial charge on any atom is 0.303 e. The summed E-state index contributed by atoms with van der Waals surface area (Å²) in [5.41, 5.74) is 1.99. The summed E-state index contributed by atoms with van der Waals surface area (Å²) in [6.45, 7) is 4.98. The van der Waals surface area contributed by atoms with E-state index in [4.69, 9.17) is 35.0 Å². The number of para-hydroxylation sites is 1. The number of furan rings is 1. The zero-order valence-electron chi connectivity index (χ0n) is 20.5. The Labute approximate surface area is 218 Å². The van der Waals surface area contributed by atoms with Crippen LogP contribution < -0.4 is 14.8 Å². The van der Waals surface area contributed by atoms with Crippen LogP contribution in [0.1, 0.15) is 6.92 Å². The number of hydrogen-bond acceptors (Lipinski definition) is 10. The Hall–Kier alpha value is -3.60. The molecule has 1 aliphatic heterocycles. The molecule has 37 heavy (non-hydrogen) atoms. The van der Waals surface area contributed by atoms with Crippen LogP contribution in [0.2, 0.25) is 5.02 Å². The SMILES string of the molecule is COc1cc2c(Nc3cccc4c(Cl)coc34)ncnc2cc1OCC(CN1CCOCC1)OC(C)=O. The minimum Gasteiger partial charge on any atom is -0.493 e. The summed E-state index contributed by atoms with van der Waals surface area (Å²) in [5, 5.41) is 5.39. The van der Waals surface area contributed by atoms with Gasteiger partial charge in [-0.2, -0.15) is 0 Å². The van der Waals surface area contributed by atoms with Crippen molar-refractivity contribution in [3.8, 4) is 11.5 Å². The number of aromatic nitrogens is 2. The van der Waals surface area contributed by atoms with E-state index in [0.29, 0.717) is 53.2 Å². The summed E-state index contributed by atoms with van der Waals surface area (Å²) < 4.78 is 28.3. The normalized spacial score (nSPS) is 15.0. The number of morpholine rings is 1. The third-order valence-electron chi connectivity index (χ3n) is 6.05. The van der Waals surface area contributed by atoms with Crippen molar-refractivity contribution in [2.24, 2.45) is 0 Å². The smallest absolute Gasteiger partial charge is 0.303 e. The van der Waals surface area contributed by atoms with Crippen LogP contribution in [0.15, 0.2) is 47.3 Å². The summed E-state index contributed by atoms with van der Waals surface area (Å²) >= 11 is 6.22. The molecule has 0 spiro atoms. The topological polar surface area (TPSA) is 108 Å². The van der Waals surface area contributed by atoms with E-state index in [1.165, 1.54) is 19.5 Å². The standard InChI is InChI=1S/C26H27ClN4O6/c1-16(32)37-17(12-31-6-8-34-9-7-31)13-35-24-11-22-19(10-23(24)33-2)26(29-15-28-22)30-21-5-3-4-18-20(27)14-36-25(18)21/h3-5,10-11,14-15,17H,6-9,12-13H2,1-2H3,(H,28,29,30). The third kappa shape index (κ3) is 5.71. The summed E-state index contributed by atoms with van der Waals surface area (Å²) in [5.74, 6) is 1.19. The minimum atomic E-state index is -0.445. The first-order chi connectivity index (χ1) is 18.0. The molecule has 3 heterocycles. The van der Waals surface area contributed by atoms with E-state index in [-0.39, 0.29) is 12.6 Å². The van der Waals surface area contributed by atoms with Crippen molar-refractivity contribution >= 4 is 50.9 Å². The molecule has 0 saturated carbocycles. The molecule has 1 unspecified atom stereocenters. The molecule has 11 heteroatoms. The van der Waals surface area contributed by atoms with E-state index < -0.39 is 6.10 Å². The number of carbonyl (C=O) groups excluding carboxylic acids is 1. The molecule has 0 amide bonds. The zero-order chi connectivity index (χ0) is 25.8. The van der Waals surface area contributed by atoms with Crippen molar-refractivity contribution < 1.29 is 28.2 Å². The summed E-state index contributed by atoms with van der Waals surface area (Å²) in [7, 11) is 1.56. The maximum atomic E-state index is 11.7. The molecule has 1 fully saturated rings. The Kier molecular flexibility index (Phi) is 7.59. The van der Waals surface area contributed by atoms with Gasteiger partial charge in [-0.15, -0.1) is 0 Å². The molecule has 194 valence electrons. The number of methoxy groups -OCH3 is 1. The zero-order valence-corrected chi connectivity index (χ0v) is 21.3. The number of nitrogens with zero attached hydrogens (tertiary/aromatic N) is 3. The van der Waals surface area contributed by atoms with Crippen molar-refractivity contribution in [3.05, 3.63) is 47.9 Å². The number of halogens is 1. The first kappa shape index (κ1) is 25.1. The number of anilines is 2. The quantitative estimate of drug-likeness (QED) is 0.315. The molecule has 1 saturated heterocycles. The van der Waals surface area contributed by atoms with Crippen LogP contribution in [-0.4, -0.2) is 73.5 Å². The second-order valence-electron chi connectivity index (χ2n) is 8.59. The van der Waals surface area contributed by atoms with Crippen LogP contribution in [0.4, 0.5) is 11.5 Å². The number of fused-ring (bicyclic) bond motifs is 2. The van der Waals surface area contributed by atoms with E-state index in [9.17, 15) is 4.79 Å². The molecule has 1 aliphatic rings. The van der Waals surface area contributed by atoms with Gasteiger partial charge < -0.3 is 28.7 Å². The number of rotatable bonds is 9. The average molecular weight is 527 g/mol. The fourth-order valence-corrected chi connectivity index (χ4v) is 4.49. The fraction of sp³-hybridized carbons (Fsp3) is 0.346. The number of esters is 1. The minimum absolute atomic E-state index is 0.163. The molecule has 0 aliphatic carbocycles. The molecule has 2 aromatic heterocycles. The Morgan fingerprint density at radius 3 is 2.81 bits per heavy atom. The first-order valence-electron chi connectivity index (χ1n) is 11.9. The molecule has 5 rings (SSSR count). The molecular weight excluding hydrogens is 500 g/mol. The largest absolute Gasteiger partial charge is 0.493 e. The predicted octanol–water partition coefficient (Wildman–Crippen LogP) is 4.42. The molecule has 10 nitrogen and oxygen atoms in total.